The van der Waals surface area contributed by atoms with E-state index in [2.05, 4.69) is 12.2 Å². The van der Waals surface area contributed by atoms with E-state index in [-0.39, 0.29) is 0 Å². The third-order valence-corrected chi connectivity index (χ3v) is 5.53. The van der Waals surface area contributed by atoms with Crippen molar-refractivity contribution in [1.29, 1.82) is 0 Å². The Morgan fingerprint density at radius 1 is 1.14 bits per heavy atom. The molecule has 0 bridgehead atoms. The van der Waals surface area contributed by atoms with E-state index >= 15 is 0 Å². The van der Waals surface area contributed by atoms with Gasteiger partial charge in [0.05, 0.1) is 13.2 Å². The summed E-state index contributed by atoms with van der Waals surface area (Å²) in [5, 5.41) is -0.917. The number of methoxy groups -OCH3 is 3. The van der Waals surface area contributed by atoms with Crippen LogP contribution in [0.15, 0.2) is 35.5 Å². The minimum atomic E-state index is -0.917. The molecule has 0 amide bonds. The third kappa shape index (κ3) is 3.61. The van der Waals surface area contributed by atoms with Gasteiger partial charge in [0.2, 0.25) is 5.12 Å². The van der Waals surface area contributed by atoms with Crippen molar-refractivity contribution < 1.29 is 18.9 Å². The molecule has 2 rings (SSSR count). The van der Waals surface area contributed by atoms with E-state index in [0.717, 1.165) is 24.0 Å². The number of thioether (sulfide) groups is 1. The van der Waals surface area contributed by atoms with Gasteiger partial charge < -0.3 is 18.9 Å². The summed E-state index contributed by atoms with van der Waals surface area (Å²) in [6.45, 7) is 0.847. The Bertz CT molecular complexity index is 471. The molecule has 0 fully saturated rings. The van der Waals surface area contributed by atoms with Crippen LogP contribution in [0.2, 0.25) is 0 Å². The van der Waals surface area contributed by atoms with E-state index in [1.54, 1.807) is 21.3 Å². The first kappa shape index (κ1) is 18.0. The predicted molar refractivity (Wildman–Crippen MR) is 90.2 cm³/mol. The Morgan fingerprint density at radius 3 is 2.50 bits per heavy atom. The summed E-state index contributed by atoms with van der Waals surface area (Å²) < 4.78 is 22.9. The number of ether oxygens (including phenoxy) is 4. The van der Waals surface area contributed by atoms with Crippen molar-refractivity contribution in [2.75, 3.05) is 40.4 Å². The second-order valence-electron chi connectivity index (χ2n) is 5.00. The van der Waals surface area contributed by atoms with Gasteiger partial charge in [-0.1, -0.05) is 30.0 Å². The van der Waals surface area contributed by atoms with Crippen LogP contribution in [-0.2, 0) is 18.9 Å². The van der Waals surface area contributed by atoms with E-state index in [4.69, 9.17) is 30.5 Å². The lowest BCUT2D eigenvalue weighted by atomic mass is 9.93. The molecule has 124 valence electrons. The summed E-state index contributed by atoms with van der Waals surface area (Å²) in [5.41, 5.74) is 2.24. The van der Waals surface area contributed by atoms with Crippen LogP contribution in [0.4, 0.5) is 0 Å². The van der Waals surface area contributed by atoms with Gasteiger partial charge in [-0.05, 0) is 30.1 Å². The minimum absolute atomic E-state index is 0.375. The monoisotopic (exact) mass is 346 g/mol. The van der Waals surface area contributed by atoms with Gasteiger partial charge in [-0.25, -0.2) is 0 Å². The Morgan fingerprint density at radius 2 is 1.86 bits per heavy atom. The van der Waals surface area contributed by atoms with E-state index < -0.39 is 10.1 Å². The smallest absolute Gasteiger partial charge is 0.241 e. The number of hydrogen-bond donors (Lipinski definition) is 0. The number of alkyl halides is 1. The molecule has 0 aromatic rings. The zero-order chi connectivity index (χ0) is 16.1. The number of allylic oxidation sites excluding steroid dienone is 3. The van der Waals surface area contributed by atoms with Crippen molar-refractivity contribution in [3.8, 4) is 0 Å². The molecular weight excluding hydrogens is 324 g/mol. The molecule has 22 heavy (non-hydrogen) atoms. The second kappa shape index (κ2) is 7.99. The van der Waals surface area contributed by atoms with Gasteiger partial charge in [0.15, 0.2) is 4.93 Å². The highest BCUT2D eigenvalue weighted by molar-refractivity contribution is 8.02. The molecule has 0 N–H and O–H groups in total. The quantitative estimate of drug-likeness (QED) is 0.401. The van der Waals surface area contributed by atoms with Crippen LogP contribution in [0, 0.1) is 0 Å². The van der Waals surface area contributed by atoms with E-state index in [9.17, 15) is 0 Å². The first-order chi connectivity index (χ1) is 10.7. The molecule has 0 aromatic heterocycles. The van der Waals surface area contributed by atoms with Crippen molar-refractivity contribution in [1.82, 2.24) is 0 Å². The van der Waals surface area contributed by atoms with Crippen LogP contribution in [0.5, 0.6) is 0 Å². The van der Waals surface area contributed by atoms with Gasteiger partial charge in [0.1, 0.15) is 0 Å². The summed E-state index contributed by atoms with van der Waals surface area (Å²) in [4.78, 5) is -0.701. The molecule has 2 aliphatic rings. The summed E-state index contributed by atoms with van der Waals surface area (Å²) in [6, 6.07) is 0. The van der Waals surface area contributed by atoms with Gasteiger partial charge in [0, 0.05) is 27.2 Å². The summed E-state index contributed by atoms with van der Waals surface area (Å²) >= 11 is 7.18. The lowest BCUT2D eigenvalue weighted by Gasteiger charge is -2.39. The molecule has 4 nitrogen and oxygen atoms in total. The Balaban J connectivity index is 2.41. The van der Waals surface area contributed by atoms with Crippen molar-refractivity contribution in [2.24, 2.45) is 0 Å². The molecule has 1 aliphatic carbocycles. The maximum Gasteiger partial charge on any atom is 0.241 e. The highest BCUT2D eigenvalue weighted by atomic mass is 35.5. The molecule has 1 heterocycles. The summed E-state index contributed by atoms with van der Waals surface area (Å²) in [5.74, 6) is 0.449. The minimum Gasteiger partial charge on any atom is -0.376 e. The average Bonchev–Trinajstić information content (AvgIpc) is 2.71. The zero-order valence-electron chi connectivity index (χ0n) is 13.3. The number of hydrogen-bond acceptors (Lipinski definition) is 5. The maximum atomic E-state index is 5.92. The van der Waals surface area contributed by atoms with Crippen LogP contribution in [0.3, 0.4) is 0 Å². The first-order valence-electron chi connectivity index (χ1n) is 7.25. The molecule has 0 saturated heterocycles. The highest BCUT2D eigenvalue weighted by Gasteiger charge is 2.47. The van der Waals surface area contributed by atoms with Gasteiger partial charge in [0.25, 0.3) is 0 Å². The maximum absolute atomic E-state index is 5.92. The number of fused-ring (bicyclic) bond motifs is 1. The van der Waals surface area contributed by atoms with Gasteiger partial charge in [-0.3, -0.25) is 0 Å². The van der Waals surface area contributed by atoms with Crippen molar-refractivity contribution in [3.63, 3.8) is 0 Å². The van der Waals surface area contributed by atoms with Gasteiger partial charge in [-0.15, -0.1) is 11.6 Å². The molecule has 1 unspecified atom stereocenters. The van der Waals surface area contributed by atoms with Crippen LogP contribution in [-0.4, -0.2) is 50.5 Å². The summed E-state index contributed by atoms with van der Waals surface area (Å²) in [6.07, 6.45) is 10.4. The van der Waals surface area contributed by atoms with E-state index in [1.807, 2.05) is 12.2 Å². The topological polar surface area (TPSA) is 36.9 Å². The molecule has 1 aliphatic heterocycles. The standard InChI is InChI=1S/C16H23ClO4S/c1-18-15(12-21-11-10-17)14-7-5-4-6-13(14)8-9-16(19-2,20-3)22-15/h6-9H,4-5,10-12H2,1-3H3. The molecule has 0 aromatic carbocycles. The highest BCUT2D eigenvalue weighted by Crippen LogP contribution is 2.50. The first-order valence-corrected chi connectivity index (χ1v) is 8.60. The van der Waals surface area contributed by atoms with Crippen molar-refractivity contribution in [2.45, 2.75) is 22.9 Å². The van der Waals surface area contributed by atoms with E-state index in [0.29, 0.717) is 19.1 Å². The van der Waals surface area contributed by atoms with Crippen LogP contribution >= 0.6 is 23.4 Å². The molecule has 6 heteroatoms. The lowest BCUT2D eigenvalue weighted by Crippen LogP contribution is -2.42. The molecule has 1 atom stereocenters. The number of rotatable bonds is 7. The van der Waals surface area contributed by atoms with Crippen LogP contribution in [0.25, 0.3) is 0 Å². The molecule has 0 saturated carbocycles. The third-order valence-electron chi connectivity index (χ3n) is 3.79. The number of halogens is 1. The Hall–Kier alpha value is -0.300. The van der Waals surface area contributed by atoms with Crippen molar-refractivity contribution in [3.05, 3.63) is 35.5 Å². The Labute approximate surface area is 141 Å². The zero-order valence-corrected chi connectivity index (χ0v) is 14.8. The average molecular weight is 347 g/mol. The molecule has 0 spiro atoms. The van der Waals surface area contributed by atoms with Gasteiger partial charge in [-0.2, -0.15) is 0 Å². The van der Waals surface area contributed by atoms with Crippen LogP contribution in [0.1, 0.15) is 12.8 Å². The predicted octanol–water partition coefficient (Wildman–Crippen LogP) is 3.48. The second-order valence-corrected chi connectivity index (χ2v) is 6.81. The van der Waals surface area contributed by atoms with Crippen molar-refractivity contribution >= 4 is 23.4 Å². The lowest BCUT2D eigenvalue weighted by molar-refractivity contribution is -0.102. The fourth-order valence-corrected chi connectivity index (χ4v) is 4.03. The fourth-order valence-electron chi connectivity index (χ4n) is 2.62. The fraction of sp³-hybridized carbons (Fsp3) is 0.625. The van der Waals surface area contributed by atoms with Gasteiger partial charge >= 0.3 is 0 Å². The Kier molecular flexibility index (Phi) is 6.56. The SMILES string of the molecule is COC1(OC)C=CC2=CCCC=C2C(COCCCl)(OC)S1. The summed E-state index contributed by atoms with van der Waals surface area (Å²) in [7, 11) is 4.93. The normalized spacial score (nSPS) is 26.9. The molecular formula is C16H23ClO4S. The largest absolute Gasteiger partial charge is 0.376 e. The van der Waals surface area contributed by atoms with E-state index in [1.165, 1.54) is 11.8 Å². The molecule has 0 radical (unpaired) electrons. The van der Waals surface area contributed by atoms with Crippen LogP contribution < -0.4 is 0 Å².